The molecule has 3 rings (SSSR count). The number of nitrogens with one attached hydrogen (secondary N) is 3. The fraction of sp³-hybridized carbons (Fsp3) is 0.435. The first-order valence-corrected chi connectivity index (χ1v) is 10.5. The molecule has 1 aromatic heterocycles. The topological polar surface area (TPSA) is 121 Å². The molecule has 1 aromatic carbocycles. The molecular formula is C23H29N3O5. The zero-order valence-corrected chi connectivity index (χ0v) is 18.1. The lowest BCUT2D eigenvalue weighted by molar-refractivity contribution is -0.119. The number of esters is 1. The van der Waals surface area contributed by atoms with Gasteiger partial charge in [0.2, 0.25) is 0 Å². The van der Waals surface area contributed by atoms with Crippen LogP contribution in [-0.2, 0) is 9.53 Å². The molecule has 1 fully saturated rings. The van der Waals surface area contributed by atoms with E-state index in [4.69, 9.17) is 4.74 Å². The molecule has 0 radical (unpaired) electrons. The van der Waals surface area contributed by atoms with Crippen LogP contribution in [0.1, 0.15) is 76.4 Å². The molecule has 2 amide bonds. The largest absolute Gasteiger partial charge is 0.451 e. The summed E-state index contributed by atoms with van der Waals surface area (Å²) in [7, 11) is 0. The Morgan fingerprint density at radius 2 is 1.87 bits per heavy atom. The van der Waals surface area contributed by atoms with Crippen LogP contribution in [0.5, 0.6) is 0 Å². The number of amides is 2. The first-order valence-electron chi connectivity index (χ1n) is 10.5. The fourth-order valence-electron chi connectivity index (χ4n) is 4.11. The van der Waals surface area contributed by atoms with Gasteiger partial charge < -0.3 is 25.5 Å². The van der Waals surface area contributed by atoms with Crippen molar-refractivity contribution < 1.29 is 24.2 Å². The Balaban J connectivity index is 1.61. The first-order chi connectivity index (χ1) is 14.8. The minimum Gasteiger partial charge on any atom is -0.451 e. The van der Waals surface area contributed by atoms with Crippen LogP contribution < -0.4 is 10.6 Å². The molecule has 31 heavy (non-hydrogen) atoms. The number of anilines is 1. The number of ether oxygens (including phenoxy) is 1. The first kappa shape index (κ1) is 22.6. The summed E-state index contributed by atoms with van der Waals surface area (Å²) in [4.78, 5) is 40.3. The van der Waals surface area contributed by atoms with Crippen molar-refractivity contribution in [1.82, 2.24) is 10.3 Å². The Morgan fingerprint density at radius 3 is 2.52 bits per heavy atom. The van der Waals surface area contributed by atoms with Gasteiger partial charge in [-0.15, -0.1) is 0 Å². The predicted molar refractivity (Wildman–Crippen MR) is 116 cm³/mol. The monoisotopic (exact) mass is 427 g/mol. The number of aliphatic hydroxyl groups is 1. The van der Waals surface area contributed by atoms with Gasteiger partial charge in [0.1, 0.15) is 5.69 Å². The zero-order valence-electron chi connectivity index (χ0n) is 18.1. The summed E-state index contributed by atoms with van der Waals surface area (Å²) in [6.07, 6.45) is 3.41. The summed E-state index contributed by atoms with van der Waals surface area (Å²) in [5, 5.41) is 15.5. The lowest BCUT2D eigenvalue weighted by atomic mass is 10.1. The third-order valence-corrected chi connectivity index (χ3v) is 5.59. The summed E-state index contributed by atoms with van der Waals surface area (Å²) in [6.45, 7) is 4.58. The van der Waals surface area contributed by atoms with E-state index in [9.17, 15) is 19.5 Å². The highest BCUT2D eigenvalue weighted by molar-refractivity contribution is 6.04. The van der Waals surface area contributed by atoms with Crippen molar-refractivity contribution in [2.24, 2.45) is 0 Å². The number of aliphatic hydroxyl groups excluding tert-OH is 1. The van der Waals surface area contributed by atoms with Crippen molar-refractivity contribution in [2.75, 3.05) is 11.9 Å². The van der Waals surface area contributed by atoms with E-state index in [-0.39, 0.29) is 17.6 Å². The van der Waals surface area contributed by atoms with Gasteiger partial charge in [-0.05, 0) is 51.3 Å². The van der Waals surface area contributed by atoms with Crippen molar-refractivity contribution in [2.45, 2.75) is 58.6 Å². The number of aromatic nitrogens is 1. The second kappa shape index (κ2) is 9.78. The highest BCUT2D eigenvalue weighted by Gasteiger charge is 2.23. The average Bonchev–Trinajstić information content (AvgIpc) is 3.33. The average molecular weight is 428 g/mol. The smallest absolute Gasteiger partial charge is 0.355 e. The van der Waals surface area contributed by atoms with Gasteiger partial charge >= 0.3 is 5.97 Å². The number of carbonyl (C=O) groups excluding carboxylic acids is 3. The van der Waals surface area contributed by atoms with Gasteiger partial charge in [0.25, 0.3) is 11.8 Å². The standard InChI is InChI=1S/C23H29N3O5/c1-13-20(15(3)27)14(2)24-21(13)23(30)31-12-19(28)26-18-11-7-6-10-17(18)22(29)25-16-8-4-5-9-16/h6-7,10-11,15-16,24,27H,4-5,8-9,12H2,1-3H3,(H,25,29)(H,26,28)/t15-/m0/s1. The molecule has 0 bridgehead atoms. The molecule has 1 aliphatic rings. The van der Waals surface area contributed by atoms with Crippen LogP contribution in [0, 0.1) is 13.8 Å². The molecule has 1 saturated carbocycles. The molecule has 1 aliphatic carbocycles. The second-order valence-corrected chi connectivity index (χ2v) is 7.96. The number of aromatic amines is 1. The van der Waals surface area contributed by atoms with E-state index >= 15 is 0 Å². The molecule has 1 atom stereocenters. The minimum atomic E-state index is -0.729. The highest BCUT2D eigenvalue weighted by Crippen LogP contribution is 2.25. The summed E-state index contributed by atoms with van der Waals surface area (Å²) >= 11 is 0. The van der Waals surface area contributed by atoms with Crippen LogP contribution in [0.3, 0.4) is 0 Å². The lowest BCUT2D eigenvalue weighted by Gasteiger charge is -2.15. The van der Waals surface area contributed by atoms with E-state index in [0.29, 0.717) is 28.1 Å². The van der Waals surface area contributed by atoms with Crippen LogP contribution in [0.4, 0.5) is 5.69 Å². The predicted octanol–water partition coefficient (Wildman–Crippen LogP) is 3.15. The molecule has 4 N–H and O–H groups in total. The van der Waals surface area contributed by atoms with Gasteiger partial charge in [-0.1, -0.05) is 25.0 Å². The molecule has 0 spiro atoms. The fourth-order valence-corrected chi connectivity index (χ4v) is 4.11. The van der Waals surface area contributed by atoms with Gasteiger partial charge in [0, 0.05) is 17.3 Å². The van der Waals surface area contributed by atoms with Crippen LogP contribution in [0.15, 0.2) is 24.3 Å². The second-order valence-electron chi connectivity index (χ2n) is 7.96. The van der Waals surface area contributed by atoms with E-state index in [1.165, 1.54) is 0 Å². The maximum absolute atomic E-state index is 12.6. The number of benzene rings is 1. The summed E-state index contributed by atoms with van der Waals surface area (Å²) < 4.78 is 5.13. The summed E-state index contributed by atoms with van der Waals surface area (Å²) in [5.41, 5.74) is 2.84. The Kier molecular flexibility index (Phi) is 7.12. The normalized spacial score (nSPS) is 14.8. The van der Waals surface area contributed by atoms with Crippen LogP contribution in [-0.4, -0.2) is 40.5 Å². The Bertz CT molecular complexity index is 974. The van der Waals surface area contributed by atoms with E-state index in [2.05, 4.69) is 15.6 Å². The van der Waals surface area contributed by atoms with Gasteiger partial charge in [-0.2, -0.15) is 0 Å². The molecule has 0 aliphatic heterocycles. The van der Waals surface area contributed by atoms with Gasteiger partial charge in [-0.3, -0.25) is 9.59 Å². The Morgan fingerprint density at radius 1 is 1.19 bits per heavy atom. The summed E-state index contributed by atoms with van der Waals surface area (Å²) in [5.74, 6) is -1.47. The maximum atomic E-state index is 12.6. The lowest BCUT2D eigenvalue weighted by Crippen LogP contribution is -2.33. The molecule has 8 heteroatoms. The van der Waals surface area contributed by atoms with Crippen molar-refractivity contribution in [3.63, 3.8) is 0 Å². The number of aryl methyl sites for hydroxylation is 1. The van der Waals surface area contributed by atoms with Crippen LogP contribution in [0.25, 0.3) is 0 Å². The van der Waals surface area contributed by atoms with Crippen molar-refractivity contribution >= 4 is 23.5 Å². The number of carbonyl (C=O) groups is 3. The third kappa shape index (κ3) is 5.32. The quantitative estimate of drug-likeness (QED) is 0.506. The Hall–Kier alpha value is -3.13. The van der Waals surface area contributed by atoms with Crippen molar-refractivity contribution in [3.05, 3.63) is 52.3 Å². The molecule has 0 unspecified atom stereocenters. The molecule has 2 aromatic rings. The highest BCUT2D eigenvalue weighted by atomic mass is 16.5. The molecule has 8 nitrogen and oxygen atoms in total. The van der Waals surface area contributed by atoms with Crippen LogP contribution in [0.2, 0.25) is 0 Å². The van der Waals surface area contributed by atoms with Crippen molar-refractivity contribution in [3.8, 4) is 0 Å². The minimum absolute atomic E-state index is 0.163. The SMILES string of the molecule is Cc1[nH]c(C(=O)OCC(=O)Nc2ccccc2C(=O)NC2CCCC2)c(C)c1[C@H](C)O. The van der Waals surface area contributed by atoms with E-state index in [1.807, 2.05) is 0 Å². The maximum Gasteiger partial charge on any atom is 0.355 e. The van der Waals surface area contributed by atoms with Gasteiger partial charge in [0.15, 0.2) is 6.61 Å². The summed E-state index contributed by atoms with van der Waals surface area (Å²) in [6, 6.07) is 6.90. The molecule has 1 heterocycles. The van der Waals surface area contributed by atoms with Crippen molar-refractivity contribution in [1.29, 1.82) is 0 Å². The number of hydrogen-bond donors (Lipinski definition) is 4. The van der Waals surface area contributed by atoms with Gasteiger partial charge in [0.05, 0.1) is 17.4 Å². The number of hydrogen-bond acceptors (Lipinski definition) is 5. The number of para-hydroxylation sites is 1. The molecule has 0 saturated heterocycles. The van der Waals surface area contributed by atoms with Gasteiger partial charge in [-0.25, -0.2) is 4.79 Å². The third-order valence-electron chi connectivity index (χ3n) is 5.59. The number of rotatable bonds is 7. The molecular weight excluding hydrogens is 398 g/mol. The van der Waals surface area contributed by atoms with E-state index < -0.39 is 24.6 Å². The van der Waals surface area contributed by atoms with Crippen LogP contribution >= 0.6 is 0 Å². The number of H-pyrrole nitrogens is 1. The Labute approximate surface area is 181 Å². The van der Waals surface area contributed by atoms with E-state index in [0.717, 1.165) is 25.7 Å². The van der Waals surface area contributed by atoms with E-state index in [1.54, 1.807) is 45.0 Å². The zero-order chi connectivity index (χ0) is 22.5. The molecule has 166 valence electrons.